The molecule has 0 amide bonds. The standard InChI is InChI=1S/C40H78O5.C40H76O5/c2*1-5-9-13-17-21-27-36(28-22-18-14-10-6-2)35-44-39(42)33-25-29-37(41)30-26-34-40(43)45-38(31-23-19-15-11-7-3)32-24-20-16-12-8-4/h36-38,41H,5-35H2,1-4H3;36,38H,5-35H2,1-4H3. The Bertz CT molecular complexity index is 1480. The average Bonchev–Trinajstić information content (AvgIpc) is 3.64. The summed E-state index contributed by atoms with van der Waals surface area (Å²) >= 11 is 0. The molecular formula is C80H154O10. The Morgan fingerprint density at radius 2 is 0.467 bits per heavy atom. The van der Waals surface area contributed by atoms with Gasteiger partial charge in [0.05, 0.1) is 19.3 Å². The normalized spacial score (nSPS) is 11.8. The number of carbonyl (C=O) groups is 5. The summed E-state index contributed by atoms with van der Waals surface area (Å²) in [6.07, 6.45) is 63.5. The summed E-state index contributed by atoms with van der Waals surface area (Å²) in [4.78, 5) is 62.5. The van der Waals surface area contributed by atoms with E-state index in [-0.39, 0.29) is 41.9 Å². The van der Waals surface area contributed by atoms with Gasteiger partial charge in [-0.25, -0.2) is 0 Å². The number of ketones is 1. The van der Waals surface area contributed by atoms with Gasteiger partial charge in [0.2, 0.25) is 0 Å². The van der Waals surface area contributed by atoms with Gasteiger partial charge in [-0.15, -0.1) is 0 Å². The van der Waals surface area contributed by atoms with E-state index in [0.29, 0.717) is 102 Å². The number of rotatable bonds is 70. The number of aliphatic hydroxyl groups is 1. The van der Waals surface area contributed by atoms with Crippen molar-refractivity contribution in [1.29, 1.82) is 0 Å². The Hall–Kier alpha value is -2.49. The number of carbonyl (C=O) groups excluding carboxylic acids is 5. The summed E-state index contributed by atoms with van der Waals surface area (Å²) in [5.41, 5.74) is 0. The van der Waals surface area contributed by atoms with Gasteiger partial charge in [0.15, 0.2) is 0 Å². The van der Waals surface area contributed by atoms with Crippen molar-refractivity contribution in [3.63, 3.8) is 0 Å². The summed E-state index contributed by atoms with van der Waals surface area (Å²) in [5.74, 6) is 0.458. The van der Waals surface area contributed by atoms with Gasteiger partial charge in [-0.1, -0.05) is 287 Å². The number of aliphatic hydroxyl groups excluding tert-OH is 1. The van der Waals surface area contributed by atoms with Crippen LogP contribution in [0.1, 0.15) is 441 Å². The second-order valence-electron chi connectivity index (χ2n) is 27.6. The van der Waals surface area contributed by atoms with Crippen LogP contribution in [0.3, 0.4) is 0 Å². The highest BCUT2D eigenvalue weighted by molar-refractivity contribution is 5.80. The Morgan fingerprint density at radius 1 is 0.244 bits per heavy atom. The number of Topliss-reactive ketones (excluding diaryl/α,β-unsaturated/α-hetero) is 1. The van der Waals surface area contributed by atoms with Crippen LogP contribution in [0, 0.1) is 11.8 Å². The molecule has 0 bridgehead atoms. The molecule has 1 N–H and O–H groups in total. The van der Waals surface area contributed by atoms with Crippen molar-refractivity contribution in [1.82, 2.24) is 0 Å². The van der Waals surface area contributed by atoms with Crippen LogP contribution < -0.4 is 0 Å². The summed E-state index contributed by atoms with van der Waals surface area (Å²) in [6, 6.07) is 0. The molecule has 0 radical (unpaired) electrons. The van der Waals surface area contributed by atoms with Crippen LogP contribution in [0.15, 0.2) is 0 Å². The maximum atomic E-state index is 12.6. The minimum atomic E-state index is -0.488. The van der Waals surface area contributed by atoms with E-state index in [4.69, 9.17) is 18.9 Å². The van der Waals surface area contributed by atoms with Crippen LogP contribution >= 0.6 is 0 Å². The van der Waals surface area contributed by atoms with Crippen LogP contribution in [0.2, 0.25) is 0 Å². The lowest BCUT2D eigenvalue weighted by molar-refractivity contribution is -0.151. The number of hydrogen-bond acceptors (Lipinski definition) is 10. The first-order valence-corrected chi connectivity index (χ1v) is 39.8. The molecule has 0 aromatic rings. The molecule has 0 aromatic carbocycles. The van der Waals surface area contributed by atoms with Crippen molar-refractivity contribution in [3.05, 3.63) is 0 Å². The van der Waals surface area contributed by atoms with E-state index in [1.54, 1.807) is 0 Å². The zero-order valence-corrected chi connectivity index (χ0v) is 61.3. The van der Waals surface area contributed by atoms with E-state index < -0.39 is 6.10 Å². The quantitative estimate of drug-likeness (QED) is 0.0355. The SMILES string of the molecule is CCCCCCCC(CCCCCCC)COC(=O)CCCC(=O)CCCC(=O)OC(CCCCCCC)CCCCCCC.CCCCCCCC(CCCCCCC)COC(=O)CCCC(O)CCCC(=O)OC(CCCCCCC)CCCCCCC. The average molecular weight is 1280 g/mol. The van der Waals surface area contributed by atoms with Crippen LogP contribution in [0.5, 0.6) is 0 Å². The topological polar surface area (TPSA) is 142 Å². The fraction of sp³-hybridized carbons (Fsp3) is 0.938. The van der Waals surface area contributed by atoms with Crippen molar-refractivity contribution in [2.45, 2.75) is 459 Å². The maximum absolute atomic E-state index is 12.6. The summed E-state index contributed by atoms with van der Waals surface area (Å²) in [5, 5.41) is 10.5. The Labute approximate surface area is 559 Å². The Kier molecular flexibility index (Phi) is 72.0. The molecule has 0 aliphatic carbocycles. The van der Waals surface area contributed by atoms with Crippen LogP contribution in [-0.2, 0) is 42.9 Å². The predicted molar refractivity (Wildman–Crippen MR) is 382 cm³/mol. The highest BCUT2D eigenvalue weighted by Crippen LogP contribution is 2.24. The van der Waals surface area contributed by atoms with Crippen LogP contribution in [0.4, 0.5) is 0 Å². The molecule has 0 aliphatic heterocycles. The minimum Gasteiger partial charge on any atom is -0.465 e. The third-order valence-corrected chi connectivity index (χ3v) is 18.4. The summed E-state index contributed by atoms with van der Waals surface area (Å²) < 4.78 is 23.2. The highest BCUT2D eigenvalue weighted by atomic mass is 16.6. The summed E-state index contributed by atoms with van der Waals surface area (Å²) in [7, 11) is 0. The van der Waals surface area contributed by atoms with E-state index >= 15 is 0 Å². The number of unbranched alkanes of at least 4 members (excludes halogenated alkanes) is 32. The first-order valence-electron chi connectivity index (χ1n) is 39.8. The van der Waals surface area contributed by atoms with Gasteiger partial charge in [-0.2, -0.15) is 0 Å². The van der Waals surface area contributed by atoms with Crippen molar-refractivity contribution in [3.8, 4) is 0 Å². The molecule has 0 spiro atoms. The number of hydrogen-bond donors (Lipinski definition) is 1. The van der Waals surface area contributed by atoms with Gasteiger partial charge in [-0.3, -0.25) is 24.0 Å². The van der Waals surface area contributed by atoms with Crippen molar-refractivity contribution in [2.24, 2.45) is 11.8 Å². The molecule has 90 heavy (non-hydrogen) atoms. The van der Waals surface area contributed by atoms with E-state index in [2.05, 4.69) is 55.4 Å². The molecule has 534 valence electrons. The van der Waals surface area contributed by atoms with Gasteiger partial charge in [-0.05, 0) is 127 Å². The number of esters is 4. The lowest BCUT2D eigenvalue weighted by Crippen LogP contribution is -2.19. The molecule has 0 heterocycles. The molecule has 10 nitrogen and oxygen atoms in total. The van der Waals surface area contributed by atoms with E-state index in [0.717, 1.165) is 77.0 Å². The first-order chi connectivity index (χ1) is 43.9. The van der Waals surface area contributed by atoms with Gasteiger partial charge in [0.25, 0.3) is 0 Å². The van der Waals surface area contributed by atoms with Crippen LogP contribution in [-0.4, -0.2) is 66.3 Å². The molecule has 0 fully saturated rings. The van der Waals surface area contributed by atoms with E-state index in [1.165, 1.54) is 231 Å². The largest absolute Gasteiger partial charge is 0.465 e. The molecule has 0 saturated carbocycles. The third kappa shape index (κ3) is 66.9. The second kappa shape index (κ2) is 72.3. The fourth-order valence-corrected chi connectivity index (χ4v) is 12.3. The lowest BCUT2D eigenvalue weighted by atomic mass is 9.95. The predicted octanol–water partition coefficient (Wildman–Crippen LogP) is 24.6. The monoisotopic (exact) mass is 1280 g/mol. The second-order valence-corrected chi connectivity index (χ2v) is 27.6. The molecule has 1 unspecified atom stereocenters. The van der Waals surface area contributed by atoms with Crippen molar-refractivity contribution in [2.75, 3.05) is 13.2 Å². The molecule has 10 heteroatoms. The third-order valence-electron chi connectivity index (χ3n) is 18.4. The fourth-order valence-electron chi connectivity index (χ4n) is 12.3. The van der Waals surface area contributed by atoms with E-state index in [1.807, 2.05) is 0 Å². The van der Waals surface area contributed by atoms with Gasteiger partial charge < -0.3 is 24.1 Å². The number of ether oxygens (including phenoxy) is 4. The maximum Gasteiger partial charge on any atom is 0.306 e. The van der Waals surface area contributed by atoms with Gasteiger partial charge in [0.1, 0.15) is 18.0 Å². The van der Waals surface area contributed by atoms with E-state index in [9.17, 15) is 29.1 Å². The van der Waals surface area contributed by atoms with Crippen molar-refractivity contribution >= 4 is 29.7 Å². The summed E-state index contributed by atoms with van der Waals surface area (Å²) in [6.45, 7) is 19.0. The molecular weight excluding hydrogens is 1120 g/mol. The molecule has 0 saturated heterocycles. The Balaban J connectivity index is 0. The first kappa shape index (κ1) is 89.6. The lowest BCUT2D eigenvalue weighted by Gasteiger charge is -2.18. The zero-order chi connectivity index (χ0) is 66.4. The molecule has 0 aromatic heterocycles. The minimum absolute atomic E-state index is 0.0178. The highest BCUT2D eigenvalue weighted by Gasteiger charge is 2.19. The molecule has 0 aliphatic rings. The van der Waals surface area contributed by atoms with Gasteiger partial charge >= 0.3 is 23.9 Å². The Morgan fingerprint density at radius 3 is 0.733 bits per heavy atom. The molecule has 0 rings (SSSR count). The smallest absolute Gasteiger partial charge is 0.306 e. The molecule has 1 atom stereocenters. The zero-order valence-electron chi connectivity index (χ0n) is 61.3. The van der Waals surface area contributed by atoms with Gasteiger partial charge in [0, 0.05) is 38.5 Å². The van der Waals surface area contributed by atoms with Crippen molar-refractivity contribution < 1.29 is 48.0 Å². The van der Waals surface area contributed by atoms with Crippen LogP contribution in [0.25, 0.3) is 0 Å².